The van der Waals surface area contributed by atoms with Crippen LogP contribution in [0.25, 0.3) is 0 Å². The maximum atomic E-state index is 6.32. The summed E-state index contributed by atoms with van der Waals surface area (Å²) in [4.78, 5) is 4.66. The van der Waals surface area contributed by atoms with Crippen LogP contribution in [0.5, 0.6) is 11.5 Å². The van der Waals surface area contributed by atoms with Gasteiger partial charge in [-0.05, 0) is 38.7 Å². The maximum absolute atomic E-state index is 6.32. The van der Waals surface area contributed by atoms with E-state index < -0.39 is 0 Å². The van der Waals surface area contributed by atoms with Crippen LogP contribution in [0.3, 0.4) is 0 Å². The number of aromatic nitrogens is 2. The van der Waals surface area contributed by atoms with Gasteiger partial charge in [-0.2, -0.15) is 5.10 Å². The Kier molecular flexibility index (Phi) is 9.56. The van der Waals surface area contributed by atoms with Gasteiger partial charge in [0, 0.05) is 37.5 Å². The first kappa shape index (κ1) is 23.3. The highest BCUT2D eigenvalue weighted by Crippen LogP contribution is 2.34. The van der Waals surface area contributed by atoms with Crippen LogP contribution >= 0.6 is 24.0 Å². The van der Waals surface area contributed by atoms with Crippen molar-refractivity contribution in [2.75, 3.05) is 13.7 Å². The fraction of sp³-hybridized carbons (Fsp3) is 0.524. The Morgan fingerprint density at radius 2 is 2.07 bits per heavy atom. The normalized spacial score (nSPS) is 14.4. The van der Waals surface area contributed by atoms with Gasteiger partial charge in [0.05, 0.1) is 26.0 Å². The topological polar surface area (TPSA) is 72.7 Å². The van der Waals surface area contributed by atoms with Gasteiger partial charge in [-0.25, -0.2) is 4.99 Å². The molecule has 1 aromatic carbocycles. The van der Waals surface area contributed by atoms with Crippen molar-refractivity contribution < 1.29 is 9.47 Å². The number of rotatable bonds is 8. The van der Waals surface area contributed by atoms with Gasteiger partial charge in [-0.15, -0.1) is 24.0 Å². The predicted molar refractivity (Wildman–Crippen MR) is 126 cm³/mol. The monoisotopic (exact) mass is 513 g/mol. The Labute approximate surface area is 190 Å². The molecule has 1 fully saturated rings. The van der Waals surface area contributed by atoms with E-state index in [0.29, 0.717) is 13.1 Å². The summed E-state index contributed by atoms with van der Waals surface area (Å²) in [5.74, 6) is 2.39. The van der Waals surface area contributed by atoms with E-state index in [1.807, 2.05) is 31.6 Å². The SMILES string of the molecule is CCNC(=NCc1cnn(C)c1)NCc1cccc(OC)c1OC1CCCC1.I. The number of ether oxygens (including phenoxy) is 2. The quantitative estimate of drug-likeness (QED) is 0.321. The number of halogens is 1. The molecular formula is C21H32IN5O2. The van der Waals surface area contributed by atoms with Crippen molar-refractivity contribution in [3.8, 4) is 11.5 Å². The number of para-hydroxylation sites is 1. The summed E-state index contributed by atoms with van der Waals surface area (Å²) in [5, 5.41) is 10.9. The number of hydrogen-bond acceptors (Lipinski definition) is 4. The van der Waals surface area contributed by atoms with E-state index in [4.69, 9.17) is 9.47 Å². The lowest BCUT2D eigenvalue weighted by molar-refractivity contribution is 0.198. The summed E-state index contributed by atoms with van der Waals surface area (Å²) in [6.45, 7) is 4.04. The van der Waals surface area contributed by atoms with E-state index in [9.17, 15) is 0 Å². The lowest BCUT2D eigenvalue weighted by Crippen LogP contribution is -2.37. The van der Waals surface area contributed by atoms with Crippen LogP contribution in [0.1, 0.15) is 43.7 Å². The van der Waals surface area contributed by atoms with E-state index in [-0.39, 0.29) is 30.1 Å². The second-order valence-corrected chi connectivity index (χ2v) is 7.04. The largest absolute Gasteiger partial charge is 0.493 e. The molecule has 0 amide bonds. The molecule has 3 rings (SSSR count). The Morgan fingerprint density at radius 3 is 2.72 bits per heavy atom. The van der Waals surface area contributed by atoms with Crippen LogP contribution in [0, 0.1) is 0 Å². The summed E-state index contributed by atoms with van der Waals surface area (Å²) in [6.07, 6.45) is 8.78. The maximum Gasteiger partial charge on any atom is 0.191 e. The van der Waals surface area contributed by atoms with Gasteiger partial charge in [0.2, 0.25) is 0 Å². The molecule has 7 nitrogen and oxygen atoms in total. The first-order chi connectivity index (χ1) is 13.7. The summed E-state index contributed by atoms with van der Waals surface area (Å²) < 4.78 is 13.7. The van der Waals surface area contributed by atoms with Crippen molar-refractivity contribution in [1.82, 2.24) is 20.4 Å². The van der Waals surface area contributed by atoms with E-state index >= 15 is 0 Å². The molecule has 0 saturated heterocycles. The minimum Gasteiger partial charge on any atom is -0.493 e. The molecule has 1 saturated carbocycles. The fourth-order valence-corrected chi connectivity index (χ4v) is 3.41. The van der Waals surface area contributed by atoms with Gasteiger partial charge in [0.1, 0.15) is 0 Å². The number of nitrogens with one attached hydrogen (secondary N) is 2. The molecule has 2 N–H and O–H groups in total. The molecule has 0 atom stereocenters. The number of aliphatic imine (C=N–C) groups is 1. The molecule has 0 unspecified atom stereocenters. The van der Waals surface area contributed by atoms with E-state index in [1.165, 1.54) is 12.8 Å². The van der Waals surface area contributed by atoms with Crippen LogP contribution in [-0.2, 0) is 20.1 Å². The first-order valence-electron chi connectivity index (χ1n) is 10.0. The Bertz CT molecular complexity index is 787. The molecule has 0 spiro atoms. The van der Waals surface area contributed by atoms with Crippen LogP contribution in [0.2, 0.25) is 0 Å². The van der Waals surface area contributed by atoms with Crippen molar-refractivity contribution in [3.05, 3.63) is 41.7 Å². The van der Waals surface area contributed by atoms with Gasteiger partial charge < -0.3 is 20.1 Å². The standard InChI is InChI=1S/C21H31N5O2.HI/c1-4-22-21(23-12-16-13-25-26(2)15-16)24-14-17-8-7-11-19(27-3)20(17)28-18-9-5-6-10-18;/h7-8,11,13,15,18H,4-6,9-10,12,14H2,1-3H3,(H2,22,23,24);1H. The molecule has 0 aliphatic heterocycles. The Balaban J connectivity index is 0.00000300. The van der Waals surface area contributed by atoms with Gasteiger partial charge in [-0.1, -0.05) is 12.1 Å². The smallest absolute Gasteiger partial charge is 0.191 e. The number of guanidine groups is 1. The summed E-state index contributed by atoms with van der Waals surface area (Å²) in [6, 6.07) is 6.02. The average Bonchev–Trinajstić information content (AvgIpc) is 3.36. The molecule has 29 heavy (non-hydrogen) atoms. The number of methoxy groups -OCH3 is 1. The molecule has 1 aliphatic carbocycles. The van der Waals surface area contributed by atoms with Crippen molar-refractivity contribution in [2.45, 2.75) is 51.8 Å². The lowest BCUT2D eigenvalue weighted by Gasteiger charge is -2.20. The summed E-state index contributed by atoms with van der Waals surface area (Å²) in [7, 11) is 3.60. The highest BCUT2D eigenvalue weighted by molar-refractivity contribution is 14.0. The molecular weight excluding hydrogens is 481 g/mol. The van der Waals surface area contributed by atoms with E-state index in [2.05, 4.69) is 33.7 Å². The number of aryl methyl sites for hydroxylation is 1. The molecule has 1 heterocycles. The van der Waals surface area contributed by atoms with E-state index in [0.717, 1.165) is 48.0 Å². The third-order valence-electron chi connectivity index (χ3n) is 4.84. The van der Waals surface area contributed by atoms with Crippen LogP contribution < -0.4 is 20.1 Å². The number of benzene rings is 1. The highest BCUT2D eigenvalue weighted by Gasteiger charge is 2.20. The lowest BCUT2D eigenvalue weighted by atomic mass is 10.1. The Hall–Kier alpha value is -1.97. The van der Waals surface area contributed by atoms with Gasteiger partial charge >= 0.3 is 0 Å². The van der Waals surface area contributed by atoms with Gasteiger partial charge in [-0.3, -0.25) is 4.68 Å². The third-order valence-corrected chi connectivity index (χ3v) is 4.84. The molecule has 0 radical (unpaired) electrons. The number of hydrogen-bond donors (Lipinski definition) is 2. The minimum atomic E-state index is 0. The molecule has 0 bridgehead atoms. The van der Waals surface area contributed by atoms with Crippen LogP contribution in [0.15, 0.2) is 35.6 Å². The average molecular weight is 513 g/mol. The fourth-order valence-electron chi connectivity index (χ4n) is 3.41. The molecule has 1 aromatic heterocycles. The highest BCUT2D eigenvalue weighted by atomic mass is 127. The van der Waals surface area contributed by atoms with Crippen molar-refractivity contribution in [1.29, 1.82) is 0 Å². The van der Waals surface area contributed by atoms with Crippen LogP contribution in [0.4, 0.5) is 0 Å². The van der Waals surface area contributed by atoms with Gasteiger partial charge in [0.25, 0.3) is 0 Å². The zero-order valence-corrected chi connectivity index (χ0v) is 19.8. The zero-order valence-electron chi connectivity index (χ0n) is 17.5. The van der Waals surface area contributed by atoms with E-state index in [1.54, 1.807) is 11.8 Å². The number of nitrogens with zero attached hydrogens (tertiary/aromatic N) is 3. The molecule has 2 aromatic rings. The molecule has 160 valence electrons. The van der Waals surface area contributed by atoms with Gasteiger partial charge in [0.15, 0.2) is 17.5 Å². The molecule has 8 heteroatoms. The summed E-state index contributed by atoms with van der Waals surface area (Å²) in [5.41, 5.74) is 2.14. The van der Waals surface area contributed by atoms with Crippen molar-refractivity contribution in [2.24, 2.45) is 12.0 Å². The summed E-state index contributed by atoms with van der Waals surface area (Å²) >= 11 is 0. The Morgan fingerprint density at radius 1 is 1.28 bits per heavy atom. The zero-order chi connectivity index (χ0) is 19.8. The second kappa shape index (κ2) is 11.9. The minimum absolute atomic E-state index is 0. The van der Waals surface area contributed by atoms with Crippen molar-refractivity contribution in [3.63, 3.8) is 0 Å². The third kappa shape index (κ3) is 6.80. The molecule has 1 aliphatic rings. The predicted octanol–water partition coefficient (Wildman–Crippen LogP) is 3.62. The second-order valence-electron chi connectivity index (χ2n) is 7.04. The van der Waals surface area contributed by atoms with Crippen LogP contribution in [-0.4, -0.2) is 35.5 Å². The first-order valence-corrected chi connectivity index (χ1v) is 10.0. The van der Waals surface area contributed by atoms with Crippen molar-refractivity contribution >= 4 is 29.9 Å².